The number of nitrogens with one attached hydrogen (secondary N) is 1. The Balaban J connectivity index is 1.79. The lowest BCUT2D eigenvalue weighted by atomic mass is 9.84. The number of alkyl halides is 3. The third-order valence-corrected chi connectivity index (χ3v) is 6.23. The molecule has 192 valence electrons. The minimum Gasteiger partial charge on any atom is -0.497 e. The fourth-order valence-corrected chi connectivity index (χ4v) is 4.33. The van der Waals surface area contributed by atoms with Crippen LogP contribution in [0.4, 0.5) is 13.2 Å². The zero-order valence-corrected chi connectivity index (χ0v) is 20.0. The SMILES string of the molecule is COc1ccc(CCN2C(=O)[C@](NC(=O)c3ccco3)(C(F)(F)F)C(C(=O)c3ccccc3)=C2C)cc1. The average Bonchev–Trinajstić information content (AvgIpc) is 3.49. The first-order chi connectivity index (χ1) is 17.6. The Labute approximate surface area is 210 Å². The Bertz CT molecular complexity index is 1330. The number of carbonyl (C=O) groups excluding carboxylic acids is 3. The van der Waals surface area contributed by atoms with E-state index in [1.54, 1.807) is 30.3 Å². The number of hydrogen-bond acceptors (Lipinski definition) is 5. The minimum atomic E-state index is -5.35. The zero-order valence-electron chi connectivity index (χ0n) is 20.0. The maximum absolute atomic E-state index is 14.9. The lowest BCUT2D eigenvalue weighted by molar-refractivity contribution is -0.189. The number of halogens is 3. The maximum atomic E-state index is 14.9. The molecule has 0 bridgehead atoms. The Kier molecular flexibility index (Phi) is 6.93. The van der Waals surface area contributed by atoms with Gasteiger partial charge in [-0.25, -0.2) is 0 Å². The van der Waals surface area contributed by atoms with Crippen LogP contribution in [0.25, 0.3) is 0 Å². The molecule has 2 aromatic carbocycles. The summed E-state index contributed by atoms with van der Waals surface area (Å²) in [5.41, 5.74) is -3.97. The van der Waals surface area contributed by atoms with E-state index in [0.717, 1.165) is 22.8 Å². The van der Waals surface area contributed by atoms with Gasteiger partial charge in [-0.05, 0) is 43.2 Å². The van der Waals surface area contributed by atoms with Crippen molar-refractivity contribution in [2.75, 3.05) is 13.7 Å². The monoisotopic (exact) mass is 512 g/mol. The molecular weight excluding hydrogens is 489 g/mol. The summed E-state index contributed by atoms with van der Waals surface area (Å²) in [7, 11) is 1.51. The fourth-order valence-electron chi connectivity index (χ4n) is 4.33. The summed E-state index contributed by atoms with van der Waals surface area (Å²) in [6, 6.07) is 16.6. The van der Waals surface area contributed by atoms with E-state index >= 15 is 0 Å². The largest absolute Gasteiger partial charge is 0.497 e. The Morgan fingerprint density at radius 3 is 2.27 bits per heavy atom. The molecule has 0 saturated heterocycles. The maximum Gasteiger partial charge on any atom is 0.425 e. The molecule has 37 heavy (non-hydrogen) atoms. The third kappa shape index (κ3) is 4.62. The van der Waals surface area contributed by atoms with Crippen LogP contribution < -0.4 is 10.1 Å². The summed E-state index contributed by atoms with van der Waals surface area (Å²) in [5, 5.41) is 1.81. The molecule has 10 heteroatoms. The van der Waals surface area contributed by atoms with E-state index in [4.69, 9.17) is 9.15 Å². The van der Waals surface area contributed by atoms with Crippen molar-refractivity contribution in [1.29, 1.82) is 0 Å². The van der Waals surface area contributed by atoms with Crippen LogP contribution in [-0.4, -0.2) is 47.9 Å². The molecule has 1 aromatic heterocycles. The van der Waals surface area contributed by atoms with Crippen molar-refractivity contribution in [2.45, 2.75) is 25.1 Å². The highest BCUT2D eigenvalue weighted by Crippen LogP contribution is 2.46. The van der Waals surface area contributed by atoms with Gasteiger partial charge < -0.3 is 19.4 Å². The molecule has 0 aliphatic carbocycles. The molecule has 2 heterocycles. The number of benzene rings is 2. The number of allylic oxidation sites excluding steroid dienone is 1. The number of ether oxygens (including phenoxy) is 1. The van der Waals surface area contributed by atoms with Gasteiger partial charge in [-0.15, -0.1) is 0 Å². The zero-order chi connectivity index (χ0) is 26.8. The molecule has 0 fully saturated rings. The van der Waals surface area contributed by atoms with E-state index in [9.17, 15) is 27.6 Å². The van der Waals surface area contributed by atoms with E-state index in [-0.39, 0.29) is 24.2 Å². The Hall–Kier alpha value is -4.34. The fraction of sp³-hybridized carbons (Fsp3) is 0.222. The van der Waals surface area contributed by atoms with E-state index < -0.39 is 40.6 Å². The summed E-state index contributed by atoms with van der Waals surface area (Å²) in [6.07, 6.45) is -4.04. The second kappa shape index (κ2) is 9.96. The normalized spacial score (nSPS) is 17.8. The molecule has 0 saturated carbocycles. The van der Waals surface area contributed by atoms with Gasteiger partial charge in [-0.1, -0.05) is 42.5 Å². The molecule has 1 aliphatic heterocycles. The number of Topliss-reactive ketones (excluding diaryl/α,β-unsaturated/α-hetero) is 1. The summed E-state index contributed by atoms with van der Waals surface area (Å²) in [4.78, 5) is 40.8. The summed E-state index contributed by atoms with van der Waals surface area (Å²) in [5.74, 6) is -3.60. The Morgan fingerprint density at radius 1 is 1.03 bits per heavy atom. The molecule has 1 atom stereocenters. The number of hydrogen-bond donors (Lipinski definition) is 1. The summed E-state index contributed by atoms with van der Waals surface area (Å²) in [6.45, 7) is 1.12. The summed E-state index contributed by atoms with van der Waals surface area (Å²) >= 11 is 0. The van der Waals surface area contributed by atoms with Crippen molar-refractivity contribution in [3.8, 4) is 5.75 Å². The van der Waals surface area contributed by atoms with Crippen LogP contribution in [0.3, 0.4) is 0 Å². The highest BCUT2D eigenvalue weighted by Gasteiger charge is 2.70. The molecule has 0 unspecified atom stereocenters. The van der Waals surface area contributed by atoms with Gasteiger partial charge in [-0.3, -0.25) is 14.4 Å². The molecular formula is C27H23F3N2O5. The van der Waals surface area contributed by atoms with Crippen LogP contribution in [0.1, 0.15) is 33.4 Å². The molecule has 1 aliphatic rings. The quantitative estimate of drug-likeness (QED) is 0.447. The highest BCUT2D eigenvalue weighted by atomic mass is 19.4. The standard InChI is InChI=1S/C27H23F3N2O5/c1-17-22(23(33)19-7-4-3-5-8-19)26(27(28,29)30,31-24(34)21-9-6-16-37-21)25(35)32(17)15-14-18-10-12-20(36-2)13-11-18/h3-13,16H,14-15H2,1-2H3,(H,31,34)/t26-/m0/s1. The molecule has 4 rings (SSSR count). The van der Waals surface area contributed by atoms with Crippen molar-refractivity contribution in [3.05, 3.63) is 101 Å². The minimum absolute atomic E-state index is 0.0532. The highest BCUT2D eigenvalue weighted by molar-refractivity contribution is 6.19. The second-order valence-corrected chi connectivity index (χ2v) is 8.39. The molecule has 1 N–H and O–H groups in total. The molecule has 2 amide bonds. The van der Waals surface area contributed by atoms with Gasteiger partial charge in [0.15, 0.2) is 11.5 Å². The third-order valence-electron chi connectivity index (χ3n) is 6.23. The van der Waals surface area contributed by atoms with Crippen LogP contribution >= 0.6 is 0 Å². The molecule has 0 spiro atoms. The molecule has 0 radical (unpaired) electrons. The second-order valence-electron chi connectivity index (χ2n) is 8.39. The van der Waals surface area contributed by atoms with Gasteiger partial charge in [0.25, 0.3) is 11.8 Å². The van der Waals surface area contributed by atoms with Gasteiger partial charge in [0.2, 0.25) is 5.54 Å². The molecule has 7 nitrogen and oxygen atoms in total. The van der Waals surface area contributed by atoms with Gasteiger partial charge in [0.05, 0.1) is 18.9 Å². The number of amides is 2. The van der Waals surface area contributed by atoms with Gasteiger partial charge in [0.1, 0.15) is 5.75 Å². The van der Waals surface area contributed by atoms with Gasteiger partial charge >= 0.3 is 6.18 Å². The van der Waals surface area contributed by atoms with Gasteiger partial charge in [0, 0.05) is 17.8 Å². The van der Waals surface area contributed by atoms with Crippen LogP contribution in [0.5, 0.6) is 5.75 Å². The topological polar surface area (TPSA) is 88.8 Å². The smallest absolute Gasteiger partial charge is 0.425 e. The number of carbonyl (C=O) groups is 3. The van der Waals surface area contributed by atoms with Crippen LogP contribution in [0.15, 0.2) is 88.7 Å². The first kappa shape index (κ1) is 25.7. The average molecular weight is 512 g/mol. The van der Waals surface area contributed by atoms with E-state index in [1.165, 1.54) is 44.4 Å². The van der Waals surface area contributed by atoms with E-state index in [0.29, 0.717) is 5.75 Å². The number of nitrogens with zero attached hydrogens (tertiary/aromatic N) is 1. The number of furan rings is 1. The predicted molar refractivity (Wildman–Crippen MR) is 127 cm³/mol. The molecule has 3 aromatic rings. The van der Waals surface area contributed by atoms with Crippen molar-refractivity contribution in [3.63, 3.8) is 0 Å². The van der Waals surface area contributed by atoms with E-state index in [1.807, 2.05) is 5.32 Å². The lowest BCUT2D eigenvalue weighted by Gasteiger charge is -2.33. The number of ketones is 1. The first-order valence-electron chi connectivity index (χ1n) is 11.3. The first-order valence-corrected chi connectivity index (χ1v) is 11.3. The number of rotatable bonds is 8. The lowest BCUT2D eigenvalue weighted by Crippen LogP contribution is -2.66. The van der Waals surface area contributed by atoms with Crippen LogP contribution in [0, 0.1) is 0 Å². The van der Waals surface area contributed by atoms with Crippen LogP contribution in [-0.2, 0) is 11.2 Å². The van der Waals surface area contributed by atoms with Gasteiger partial charge in [-0.2, -0.15) is 13.2 Å². The van der Waals surface area contributed by atoms with Crippen molar-refractivity contribution >= 4 is 17.6 Å². The van der Waals surface area contributed by atoms with E-state index in [2.05, 4.69) is 0 Å². The predicted octanol–water partition coefficient (Wildman–Crippen LogP) is 4.56. The van der Waals surface area contributed by atoms with Crippen LogP contribution in [0.2, 0.25) is 0 Å². The Morgan fingerprint density at radius 2 is 1.70 bits per heavy atom. The van der Waals surface area contributed by atoms with Crippen molar-refractivity contribution in [2.24, 2.45) is 0 Å². The number of methoxy groups -OCH3 is 1. The summed E-state index contributed by atoms with van der Waals surface area (Å²) < 4.78 is 54.7. The van der Waals surface area contributed by atoms with Crippen molar-refractivity contribution in [1.82, 2.24) is 10.2 Å². The van der Waals surface area contributed by atoms with Crippen molar-refractivity contribution < 1.29 is 36.7 Å².